The topological polar surface area (TPSA) is 63.6 Å². The van der Waals surface area contributed by atoms with E-state index in [0.29, 0.717) is 0 Å². The third-order valence-electron chi connectivity index (χ3n) is 0.996. The van der Waals surface area contributed by atoms with Crippen LogP contribution in [0.5, 0.6) is 0 Å². The summed E-state index contributed by atoms with van der Waals surface area (Å²) in [5.74, 6) is -1.87. The van der Waals surface area contributed by atoms with Crippen LogP contribution in [-0.4, -0.2) is 23.1 Å². The second-order valence-corrected chi connectivity index (χ2v) is 2.05. The Morgan fingerprint density at radius 2 is 2.08 bits per heavy atom. The number of rotatable bonds is 4. The van der Waals surface area contributed by atoms with E-state index in [9.17, 15) is 9.59 Å². The van der Waals surface area contributed by atoms with Crippen molar-refractivity contribution in [3.8, 4) is 0 Å². The number of hydrogen-bond donors (Lipinski definition) is 1. The highest BCUT2D eigenvalue weighted by Crippen LogP contribution is 1.92. The van der Waals surface area contributed by atoms with Crippen LogP contribution in [-0.2, 0) is 14.3 Å². The van der Waals surface area contributed by atoms with E-state index < -0.39 is 18.0 Å². The minimum Gasteiger partial charge on any atom is -0.478 e. The fourth-order valence-corrected chi connectivity index (χ4v) is 0.410. The van der Waals surface area contributed by atoms with E-state index in [4.69, 9.17) is 5.11 Å². The average Bonchev–Trinajstić information content (AvgIpc) is 2.00. The molecule has 0 spiro atoms. The number of carbonyl (C=O) groups is 2. The molecule has 12 heavy (non-hydrogen) atoms. The Morgan fingerprint density at radius 3 is 2.50 bits per heavy atom. The van der Waals surface area contributed by atoms with Crippen LogP contribution in [0.2, 0.25) is 0 Å². The molecule has 0 bridgehead atoms. The van der Waals surface area contributed by atoms with Gasteiger partial charge in [-0.2, -0.15) is 0 Å². The van der Waals surface area contributed by atoms with E-state index in [-0.39, 0.29) is 0 Å². The van der Waals surface area contributed by atoms with Crippen LogP contribution >= 0.6 is 0 Å². The van der Waals surface area contributed by atoms with Crippen molar-refractivity contribution >= 4 is 11.9 Å². The zero-order valence-corrected chi connectivity index (χ0v) is 6.69. The maximum absolute atomic E-state index is 10.7. The molecule has 0 fully saturated rings. The summed E-state index contributed by atoms with van der Waals surface area (Å²) in [4.78, 5) is 20.6. The van der Waals surface area contributed by atoms with Crippen LogP contribution in [0.25, 0.3) is 0 Å². The quantitative estimate of drug-likeness (QED) is 0.384. The Labute approximate surface area is 70.1 Å². The smallest absolute Gasteiger partial charge is 0.331 e. The van der Waals surface area contributed by atoms with E-state index >= 15 is 0 Å². The van der Waals surface area contributed by atoms with Crippen LogP contribution in [0, 0.1) is 0 Å². The van der Waals surface area contributed by atoms with Crippen molar-refractivity contribution in [2.24, 2.45) is 0 Å². The van der Waals surface area contributed by atoms with E-state index in [1.54, 1.807) is 6.92 Å². The van der Waals surface area contributed by atoms with Gasteiger partial charge in [0.1, 0.15) is 6.10 Å². The maximum Gasteiger partial charge on any atom is 0.331 e. The van der Waals surface area contributed by atoms with Gasteiger partial charge in [-0.3, -0.25) is 0 Å². The molecule has 0 aliphatic rings. The average molecular weight is 170 g/mol. The molecule has 0 saturated carbocycles. The van der Waals surface area contributed by atoms with Crippen LogP contribution in [0.1, 0.15) is 6.92 Å². The Balaban J connectivity index is 3.89. The molecule has 1 atom stereocenters. The number of carboxylic acid groups (broad SMARTS) is 1. The van der Waals surface area contributed by atoms with Crippen LogP contribution < -0.4 is 0 Å². The number of carbonyl (C=O) groups excluding carboxylic acids is 1. The van der Waals surface area contributed by atoms with Gasteiger partial charge in [-0.1, -0.05) is 12.7 Å². The van der Waals surface area contributed by atoms with Gasteiger partial charge in [0, 0.05) is 12.2 Å². The van der Waals surface area contributed by atoms with Gasteiger partial charge in [-0.05, 0) is 6.92 Å². The van der Waals surface area contributed by atoms with Crippen molar-refractivity contribution in [3.05, 3.63) is 24.8 Å². The molecule has 0 saturated heterocycles. The number of aliphatic carboxylic acids is 1. The summed E-state index contributed by atoms with van der Waals surface area (Å²) >= 11 is 0. The Kier molecular flexibility index (Phi) is 4.45. The molecular formula is C8H10O4. The minimum atomic E-state index is -1.18. The summed E-state index contributed by atoms with van der Waals surface area (Å²) in [6.45, 7) is 5.02. The lowest BCUT2D eigenvalue weighted by molar-refractivity contribution is -0.140. The Hall–Kier alpha value is -1.58. The van der Waals surface area contributed by atoms with Crippen LogP contribution in [0.3, 0.4) is 0 Å². The number of carboxylic acids is 1. The number of ether oxygens (including phenoxy) is 1. The molecule has 0 aliphatic heterocycles. The highest BCUT2D eigenvalue weighted by molar-refractivity contribution is 5.90. The second kappa shape index (κ2) is 5.12. The van der Waals surface area contributed by atoms with Gasteiger partial charge in [0.2, 0.25) is 0 Å². The predicted octanol–water partition coefficient (Wildman–Crippen LogP) is 0.745. The molecule has 0 radical (unpaired) electrons. The third kappa shape index (κ3) is 5.22. The molecular weight excluding hydrogens is 160 g/mol. The maximum atomic E-state index is 10.7. The van der Waals surface area contributed by atoms with Crippen molar-refractivity contribution in [3.63, 3.8) is 0 Å². The van der Waals surface area contributed by atoms with E-state index in [1.165, 1.54) is 6.08 Å². The lowest BCUT2D eigenvalue weighted by Crippen LogP contribution is -2.10. The monoisotopic (exact) mass is 170 g/mol. The summed E-state index contributed by atoms with van der Waals surface area (Å²) in [6, 6.07) is 0. The van der Waals surface area contributed by atoms with Crippen molar-refractivity contribution in [2.45, 2.75) is 13.0 Å². The number of hydrogen-bond acceptors (Lipinski definition) is 3. The zero-order valence-electron chi connectivity index (χ0n) is 6.69. The van der Waals surface area contributed by atoms with Gasteiger partial charge in [0.15, 0.2) is 0 Å². The predicted molar refractivity (Wildman–Crippen MR) is 42.5 cm³/mol. The molecule has 0 amide bonds. The van der Waals surface area contributed by atoms with Crippen LogP contribution in [0.15, 0.2) is 24.8 Å². The summed E-state index contributed by atoms with van der Waals surface area (Å²) in [6.07, 6.45) is 2.60. The molecule has 0 heterocycles. The molecule has 0 aromatic rings. The fraction of sp³-hybridized carbons (Fsp3) is 0.250. The minimum absolute atomic E-state index is 0.407. The molecule has 4 heteroatoms. The molecule has 4 nitrogen and oxygen atoms in total. The van der Waals surface area contributed by atoms with Gasteiger partial charge in [-0.25, -0.2) is 9.59 Å². The molecule has 1 unspecified atom stereocenters. The molecule has 0 aliphatic carbocycles. The van der Waals surface area contributed by atoms with Gasteiger partial charge in [0.05, 0.1) is 0 Å². The largest absolute Gasteiger partial charge is 0.478 e. The normalized spacial score (nSPS) is 12.4. The first-order valence-electron chi connectivity index (χ1n) is 3.30. The lowest BCUT2D eigenvalue weighted by Gasteiger charge is -2.04. The second-order valence-electron chi connectivity index (χ2n) is 2.05. The SMILES string of the molecule is C=CC(C)OC(=O)C=CC(=O)O. The van der Waals surface area contributed by atoms with Crippen molar-refractivity contribution in [1.82, 2.24) is 0 Å². The molecule has 0 rings (SSSR count). The van der Waals surface area contributed by atoms with Gasteiger partial charge in [0.25, 0.3) is 0 Å². The third-order valence-corrected chi connectivity index (χ3v) is 0.996. The summed E-state index contributed by atoms with van der Waals surface area (Å²) in [5.41, 5.74) is 0. The van der Waals surface area contributed by atoms with Crippen molar-refractivity contribution in [1.29, 1.82) is 0 Å². The molecule has 0 aromatic carbocycles. The van der Waals surface area contributed by atoms with Crippen molar-refractivity contribution in [2.75, 3.05) is 0 Å². The Bertz CT molecular complexity index is 217. The summed E-state index contributed by atoms with van der Waals surface area (Å²) < 4.78 is 4.64. The van der Waals surface area contributed by atoms with Gasteiger partial charge >= 0.3 is 11.9 Å². The summed E-state index contributed by atoms with van der Waals surface area (Å²) in [5, 5.41) is 8.14. The van der Waals surface area contributed by atoms with Crippen molar-refractivity contribution < 1.29 is 19.4 Å². The summed E-state index contributed by atoms with van der Waals surface area (Å²) in [7, 11) is 0. The van der Waals surface area contributed by atoms with Gasteiger partial charge < -0.3 is 9.84 Å². The Morgan fingerprint density at radius 1 is 1.50 bits per heavy atom. The zero-order chi connectivity index (χ0) is 9.56. The first kappa shape index (κ1) is 10.4. The highest BCUT2D eigenvalue weighted by Gasteiger charge is 2.01. The standard InChI is InChI=1S/C8H10O4/c1-3-6(2)12-8(11)5-4-7(9)10/h3-6H,1H2,2H3,(H,9,10). The van der Waals surface area contributed by atoms with E-state index in [1.807, 2.05) is 0 Å². The molecule has 66 valence electrons. The van der Waals surface area contributed by atoms with E-state index in [0.717, 1.165) is 12.2 Å². The first-order chi connectivity index (χ1) is 5.56. The number of esters is 1. The molecule has 0 aromatic heterocycles. The fourth-order valence-electron chi connectivity index (χ4n) is 0.410. The highest BCUT2D eigenvalue weighted by atomic mass is 16.5. The lowest BCUT2D eigenvalue weighted by atomic mass is 10.4. The van der Waals surface area contributed by atoms with Gasteiger partial charge in [-0.15, -0.1) is 0 Å². The first-order valence-corrected chi connectivity index (χ1v) is 3.30. The van der Waals surface area contributed by atoms with Crippen LogP contribution in [0.4, 0.5) is 0 Å². The van der Waals surface area contributed by atoms with E-state index in [2.05, 4.69) is 11.3 Å². The molecule has 1 N–H and O–H groups in total.